The molecule has 20 heavy (non-hydrogen) atoms. The van der Waals surface area contributed by atoms with Crippen molar-refractivity contribution in [3.8, 4) is 5.75 Å². The summed E-state index contributed by atoms with van der Waals surface area (Å²) >= 11 is 3.49. The fraction of sp³-hybridized carbons (Fsp3) is 0.533. The molecule has 0 radical (unpaired) electrons. The highest BCUT2D eigenvalue weighted by Gasteiger charge is 2.19. The van der Waals surface area contributed by atoms with Crippen LogP contribution in [0.1, 0.15) is 37.3 Å². The zero-order chi connectivity index (χ0) is 14.5. The smallest absolute Gasteiger partial charge is 0.237 e. The summed E-state index contributed by atoms with van der Waals surface area (Å²) in [6.07, 6.45) is 3.68. The van der Waals surface area contributed by atoms with Gasteiger partial charge in [-0.05, 0) is 24.1 Å². The fourth-order valence-electron chi connectivity index (χ4n) is 2.35. The number of nitrogens with two attached hydrogens (primary N) is 1. The van der Waals surface area contributed by atoms with Crippen LogP contribution in [0.15, 0.2) is 16.6 Å². The highest BCUT2D eigenvalue weighted by Crippen LogP contribution is 2.32. The van der Waals surface area contributed by atoms with E-state index in [1.165, 1.54) is 5.56 Å². The number of hydrogen-bond donors (Lipinski definition) is 2. The highest BCUT2D eigenvalue weighted by atomic mass is 79.9. The van der Waals surface area contributed by atoms with Crippen LogP contribution in [-0.2, 0) is 17.8 Å². The molecule has 110 valence electrons. The molecule has 0 spiro atoms. The lowest BCUT2D eigenvalue weighted by atomic mass is 10.1. The maximum absolute atomic E-state index is 11.9. The van der Waals surface area contributed by atoms with Gasteiger partial charge in [0, 0.05) is 23.0 Å². The van der Waals surface area contributed by atoms with Crippen LogP contribution < -0.4 is 15.8 Å². The second-order valence-corrected chi connectivity index (χ2v) is 6.03. The van der Waals surface area contributed by atoms with Crippen LogP contribution in [0, 0.1) is 0 Å². The molecule has 0 bridgehead atoms. The van der Waals surface area contributed by atoms with E-state index in [1.807, 2.05) is 6.07 Å². The predicted molar refractivity (Wildman–Crippen MR) is 82.7 cm³/mol. The minimum atomic E-state index is -0.420. The van der Waals surface area contributed by atoms with E-state index in [4.69, 9.17) is 10.5 Å². The summed E-state index contributed by atoms with van der Waals surface area (Å²) in [7, 11) is 0. The van der Waals surface area contributed by atoms with Crippen molar-refractivity contribution in [1.82, 2.24) is 5.32 Å². The Kier molecular flexibility index (Phi) is 5.43. The number of rotatable bonds is 6. The number of unbranched alkanes of at least 4 members (excludes halogenated alkanes) is 1. The fourth-order valence-corrected chi connectivity index (χ4v) is 2.90. The maximum atomic E-state index is 11.9. The van der Waals surface area contributed by atoms with Crippen LogP contribution >= 0.6 is 15.9 Å². The zero-order valence-electron chi connectivity index (χ0n) is 11.7. The SMILES string of the molecule is CCCC[C@H](N)C(=O)NCc1cc(Br)cc2c1OCC2. The standard InChI is InChI=1S/C15H21BrN2O2/c1-2-3-4-13(17)15(19)18-9-11-8-12(16)7-10-5-6-20-14(10)11/h7-8,13H,2-6,9,17H2,1H3,(H,18,19)/t13-/m0/s1. The Bertz CT molecular complexity index is 491. The van der Waals surface area contributed by atoms with Gasteiger partial charge in [0.25, 0.3) is 0 Å². The molecule has 1 heterocycles. The first-order valence-corrected chi connectivity index (χ1v) is 7.88. The molecule has 0 aromatic heterocycles. The van der Waals surface area contributed by atoms with Crippen LogP contribution in [0.3, 0.4) is 0 Å². The predicted octanol–water partition coefficient (Wildman–Crippen LogP) is 2.52. The van der Waals surface area contributed by atoms with Crippen LogP contribution in [0.5, 0.6) is 5.75 Å². The van der Waals surface area contributed by atoms with Gasteiger partial charge in [-0.3, -0.25) is 4.79 Å². The van der Waals surface area contributed by atoms with Gasteiger partial charge in [0.2, 0.25) is 5.91 Å². The summed E-state index contributed by atoms with van der Waals surface area (Å²) in [6.45, 7) is 3.26. The molecule has 3 N–H and O–H groups in total. The summed E-state index contributed by atoms with van der Waals surface area (Å²) in [5.41, 5.74) is 8.05. The Hall–Kier alpha value is -1.07. The second-order valence-electron chi connectivity index (χ2n) is 5.12. The van der Waals surface area contributed by atoms with E-state index in [2.05, 4.69) is 34.2 Å². The van der Waals surface area contributed by atoms with E-state index < -0.39 is 6.04 Å². The number of hydrogen-bond acceptors (Lipinski definition) is 3. The molecule has 1 aliphatic heterocycles. The molecule has 0 saturated heterocycles. The van der Waals surface area contributed by atoms with Gasteiger partial charge in [0.15, 0.2) is 0 Å². The average molecular weight is 341 g/mol. The Morgan fingerprint density at radius 2 is 2.35 bits per heavy atom. The van der Waals surface area contributed by atoms with Crippen LogP contribution in [0.2, 0.25) is 0 Å². The molecular weight excluding hydrogens is 320 g/mol. The lowest BCUT2D eigenvalue weighted by Crippen LogP contribution is -2.40. The summed E-state index contributed by atoms with van der Waals surface area (Å²) in [5, 5.41) is 2.90. The highest BCUT2D eigenvalue weighted by molar-refractivity contribution is 9.10. The third-order valence-corrected chi connectivity index (χ3v) is 3.94. The second kappa shape index (κ2) is 7.09. The Morgan fingerprint density at radius 1 is 1.55 bits per heavy atom. The van der Waals surface area contributed by atoms with Gasteiger partial charge in [0.1, 0.15) is 5.75 Å². The summed E-state index contributed by atoms with van der Waals surface area (Å²) < 4.78 is 6.65. The Labute approximate surface area is 128 Å². The van der Waals surface area contributed by atoms with Crippen LogP contribution in [0.4, 0.5) is 0 Å². The molecule has 2 rings (SSSR count). The zero-order valence-corrected chi connectivity index (χ0v) is 13.3. The van der Waals surface area contributed by atoms with Gasteiger partial charge in [-0.2, -0.15) is 0 Å². The van der Waals surface area contributed by atoms with Crippen molar-refractivity contribution < 1.29 is 9.53 Å². The van der Waals surface area contributed by atoms with Gasteiger partial charge in [-0.25, -0.2) is 0 Å². The quantitative estimate of drug-likeness (QED) is 0.836. The molecule has 0 aliphatic carbocycles. The Balaban J connectivity index is 1.96. The summed E-state index contributed by atoms with van der Waals surface area (Å²) in [5.74, 6) is 0.820. The number of halogens is 1. The van der Waals surface area contributed by atoms with E-state index in [1.54, 1.807) is 0 Å². The number of carbonyl (C=O) groups is 1. The van der Waals surface area contributed by atoms with E-state index in [0.29, 0.717) is 13.2 Å². The minimum absolute atomic E-state index is 0.0924. The topological polar surface area (TPSA) is 64.4 Å². The van der Waals surface area contributed by atoms with Crippen LogP contribution in [0.25, 0.3) is 0 Å². The first-order chi connectivity index (χ1) is 9.61. The molecule has 0 saturated carbocycles. The van der Waals surface area contributed by atoms with Crippen molar-refractivity contribution in [1.29, 1.82) is 0 Å². The average Bonchev–Trinajstić information content (AvgIpc) is 2.89. The van der Waals surface area contributed by atoms with Gasteiger partial charge in [0.05, 0.1) is 12.6 Å². The summed E-state index contributed by atoms with van der Waals surface area (Å²) in [6, 6.07) is 3.64. The number of carbonyl (C=O) groups excluding carboxylic acids is 1. The molecule has 0 unspecified atom stereocenters. The van der Waals surface area contributed by atoms with Gasteiger partial charge < -0.3 is 15.8 Å². The number of benzene rings is 1. The van der Waals surface area contributed by atoms with Gasteiger partial charge >= 0.3 is 0 Å². The van der Waals surface area contributed by atoms with Crippen molar-refractivity contribution in [3.63, 3.8) is 0 Å². The van der Waals surface area contributed by atoms with E-state index in [-0.39, 0.29) is 5.91 Å². The molecule has 4 nitrogen and oxygen atoms in total. The molecular formula is C15H21BrN2O2. The van der Waals surface area contributed by atoms with Crippen molar-refractivity contribution in [2.24, 2.45) is 5.73 Å². The maximum Gasteiger partial charge on any atom is 0.237 e. The van der Waals surface area contributed by atoms with Crippen molar-refractivity contribution in [2.75, 3.05) is 6.61 Å². The van der Waals surface area contributed by atoms with E-state index in [9.17, 15) is 4.79 Å². The number of fused-ring (bicyclic) bond motifs is 1. The Morgan fingerprint density at radius 3 is 3.10 bits per heavy atom. The largest absolute Gasteiger partial charge is 0.493 e. The molecule has 1 aromatic rings. The van der Waals surface area contributed by atoms with Gasteiger partial charge in [-0.1, -0.05) is 35.7 Å². The monoisotopic (exact) mass is 340 g/mol. The molecule has 1 aliphatic rings. The normalized spacial score (nSPS) is 14.6. The third kappa shape index (κ3) is 3.73. The minimum Gasteiger partial charge on any atom is -0.493 e. The van der Waals surface area contributed by atoms with Crippen molar-refractivity contribution in [2.45, 2.75) is 45.2 Å². The molecule has 1 amide bonds. The number of amides is 1. The molecule has 1 atom stereocenters. The van der Waals surface area contributed by atoms with E-state index >= 15 is 0 Å². The summed E-state index contributed by atoms with van der Waals surface area (Å²) in [4.78, 5) is 11.9. The molecule has 1 aromatic carbocycles. The molecule has 0 fully saturated rings. The van der Waals surface area contributed by atoms with E-state index in [0.717, 1.165) is 41.5 Å². The third-order valence-electron chi connectivity index (χ3n) is 3.48. The molecule has 5 heteroatoms. The number of nitrogens with one attached hydrogen (secondary N) is 1. The lowest BCUT2D eigenvalue weighted by Gasteiger charge is -2.13. The first-order valence-electron chi connectivity index (χ1n) is 7.09. The van der Waals surface area contributed by atoms with Crippen LogP contribution in [-0.4, -0.2) is 18.6 Å². The number of ether oxygens (including phenoxy) is 1. The van der Waals surface area contributed by atoms with Gasteiger partial charge in [-0.15, -0.1) is 0 Å². The first kappa shape index (κ1) is 15.3. The van der Waals surface area contributed by atoms with Crippen molar-refractivity contribution in [3.05, 3.63) is 27.7 Å². The lowest BCUT2D eigenvalue weighted by molar-refractivity contribution is -0.122. The van der Waals surface area contributed by atoms with Crippen molar-refractivity contribution >= 4 is 21.8 Å².